The maximum atomic E-state index is 12.1. The highest BCUT2D eigenvalue weighted by molar-refractivity contribution is 6.17. The Bertz CT molecular complexity index is 729. The van der Waals surface area contributed by atoms with Crippen molar-refractivity contribution in [3.63, 3.8) is 0 Å². The molecule has 21 heavy (non-hydrogen) atoms. The van der Waals surface area contributed by atoms with Gasteiger partial charge in [0, 0.05) is 11.5 Å². The van der Waals surface area contributed by atoms with Gasteiger partial charge in [-0.3, -0.25) is 4.98 Å². The van der Waals surface area contributed by atoms with Crippen LogP contribution in [0.3, 0.4) is 0 Å². The van der Waals surface area contributed by atoms with Crippen molar-refractivity contribution in [3.8, 4) is 11.5 Å². The number of rotatable bonds is 3. The Morgan fingerprint density at radius 2 is 2.10 bits per heavy atom. The number of fused-ring (bicyclic) bond motifs is 2. The first-order valence-corrected chi connectivity index (χ1v) is 7.15. The molecule has 0 aliphatic carbocycles. The van der Waals surface area contributed by atoms with Gasteiger partial charge in [-0.1, -0.05) is 0 Å². The number of carbonyl (C=O) groups is 1. The summed E-state index contributed by atoms with van der Waals surface area (Å²) in [6.45, 7) is 4.12. The molecule has 0 fully saturated rings. The minimum absolute atomic E-state index is 0.138. The van der Waals surface area contributed by atoms with Crippen LogP contribution in [0.25, 0.3) is 10.9 Å². The van der Waals surface area contributed by atoms with E-state index in [1.54, 1.807) is 13.0 Å². The fraction of sp³-hybridized carbons (Fsp3) is 0.333. The topological polar surface area (TPSA) is 57.7 Å². The van der Waals surface area contributed by atoms with Crippen molar-refractivity contribution < 1.29 is 19.0 Å². The van der Waals surface area contributed by atoms with Gasteiger partial charge >= 0.3 is 5.97 Å². The third-order valence-corrected chi connectivity index (χ3v) is 3.67. The molecule has 0 N–H and O–H groups in total. The average molecular weight is 308 g/mol. The fourth-order valence-electron chi connectivity index (χ4n) is 2.45. The molecule has 0 bridgehead atoms. The van der Waals surface area contributed by atoms with E-state index in [0.717, 1.165) is 16.5 Å². The number of ether oxygens (including phenoxy) is 3. The van der Waals surface area contributed by atoms with Crippen LogP contribution in [-0.4, -0.2) is 24.4 Å². The summed E-state index contributed by atoms with van der Waals surface area (Å²) in [6.07, 6.45) is 0. The van der Waals surface area contributed by atoms with Crippen molar-refractivity contribution in [2.24, 2.45) is 0 Å². The third kappa shape index (κ3) is 2.27. The zero-order valence-electron chi connectivity index (χ0n) is 11.7. The molecule has 1 aliphatic heterocycles. The average Bonchev–Trinajstić information content (AvgIpc) is 2.92. The van der Waals surface area contributed by atoms with E-state index in [0.29, 0.717) is 29.4 Å². The van der Waals surface area contributed by atoms with Crippen molar-refractivity contribution in [1.29, 1.82) is 0 Å². The number of benzene rings is 1. The molecule has 0 amide bonds. The quantitative estimate of drug-likeness (QED) is 0.644. The van der Waals surface area contributed by atoms with Crippen LogP contribution < -0.4 is 9.47 Å². The molecule has 2 heterocycles. The predicted octanol–water partition coefficient (Wildman–Crippen LogP) is 3.19. The van der Waals surface area contributed by atoms with E-state index in [4.69, 9.17) is 25.8 Å². The summed E-state index contributed by atoms with van der Waals surface area (Å²) in [4.78, 5) is 16.6. The van der Waals surface area contributed by atoms with Crippen LogP contribution in [-0.2, 0) is 10.6 Å². The number of hydrogen-bond acceptors (Lipinski definition) is 5. The summed E-state index contributed by atoms with van der Waals surface area (Å²) in [6, 6.07) is 3.64. The second-order valence-electron chi connectivity index (χ2n) is 4.64. The molecule has 2 aromatic rings. The molecule has 0 unspecified atom stereocenters. The molecule has 0 saturated heterocycles. The molecule has 0 atom stereocenters. The molecular weight excluding hydrogens is 294 g/mol. The number of aryl methyl sites for hydroxylation is 1. The Balaban J connectivity index is 2.25. The lowest BCUT2D eigenvalue weighted by Crippen LogP contribution is -2.12. The number of esters is 1. The molecular formula is C15H14ClNO4. The fourth-order valence-corrected chi connectivity index (χ4v) is 2.64. The number of pyridine rings is 1. The van der Waals surface area contributed by atoms with Gasteiger partial charge in [-0.15, -0.1) is 11.6 Å². The maximum Gasteiger partial charge on any atom is 0.340 e. The molecule has 1 aliphatic rings. The molecule has 110 valence electrons. The molecule has 0 saturated carbocycles. The molecule has 0 spiro atoms. The van der Waals surface area contributed by atoms with Crippen LogP contribution in [0.4, 0.5) is 0 Å². The number of aromatic nitrogens is 1. The lowest BCUT2D eigenvalue weighted by atomic mass is 10.0. The van der Waals surface area contributed by atoms with Gasteiger partial charge in [-0.2, -0.15) is 0 Å². The predicted molar refractivity (Wildman–Crippen MR) is 78.1 cm³/mol. The second kappa shape index (κ2) is 5.41. The molecule has 3 rings (SSSR count). The van der Waals surface area contributed by atoms with E-state index in [1.165, 1.54) is 0 Å². The summed E-state index contributed by atoms with van der Waals surface area (Å²) in [5.41, 5.74) is 2.45. The lowest BCUT2D eigenvalue weighted by Gasteiger charge is -2.12. The summed E-state index contributed by atoms with van der Waals surface area (Å²) in [5, 5.41) is 0.830. The molecule has 0 radical (unpaired) electrons. The maximum absolute atomic E-state index is 12.1. The monoisotopic (exact) mass is 307 g/mol. The Morgan fingerprint density at radius 1 is 1.38 bits per heavy atom. The molecule has 6 heteroatoms. The number of nitrogens with zero attached hydrogens (tertiary/aromatic N) is 1. The minimum Gasteiger partial charge on any atom is -0.462 e. The van der Waals surface area contributed by atoms with Crippen LogP contribution >= 0.6 is 11.6 Å². The van der Waals surface area contributed by atoms with Crippen molar-refractivity contribution >= 4 is 28.5 Å². The van der Waals surface area contributed by atoms with E-state index in [1.807, 2.05) is 13.0 Å². The standard InChI is InChI=1S/C15H14ClNO4/c1-3-19-15(18)14-8(2)9-4-12-13(21-7-20-12)5-10(9)17-11(14)6-16/h4-5H,3,6-7H2,1-2H3. The van der Waals surface area contributed by atoms with E-state index in [9.17, 15) is 4.79 Å². The Hall–Kier alpha value is -2.01. The van der Waals surface area contributed by atoms with Crippen molar-refractivity contribution in [3.05, 3.63) is 29.0 Å². The minimum atomic E-state index is -0.405. The van der Waals surface area contributed by atoms with Crippen molar-refractivity contribution in [2.45, 2.75) is 19.7 Å². The Kier molecular flexibility index (Phi) is 3.59. The second-order valence-corrected chi connectivity index (χ2v) is 4.90. The van der Waals surface area contributed by atoms with Gasteiger partial charge in [-0.25, -0.2) is 4.79 Å². The highest BCUT2D eigenvalue weighted by atomic mass is 35.5. The zero-order chi connectivity index (χ0) is 15.0. The van der Waals surface area contributed by atoms with Gasteiger partial charge in [0.1, 0.15) is 0 Å². The van der Waals surface area contributed by atoms with Gasteiger partial charge in [-0.05, 0) is 25.5 Å². The number of alkyl halides is 1. The lowest BCUT2D eigenvalue weighted by molar-refractivity contribution is 0.0524. The SMILES string of the molecule is CCOC(=O)c1c(CCl)nc2cc3c(cc2c1C)OCO3. The zero-order valence-corrected chi connectivity index (χ0v) is 12.5. The van der Waals surface area contributed by atoms with Gasteiger partial charge in [0.2, 0.25) is 6.79 Å². The van der Waals surface area contributed by atoms with Crippen LogP contribution in [0.5, 0.6) is 11.5 Å². The van der Waals surface area contributed by atoms with Crippen molar-refractivity contribution in [1.82, 2.24) is 4.98 Å². The van der Waals surface area contributed by atoms with Crippen LogP contribution in [0, 0.1) is 6.92 Å². The van der Waals surface area contributed by atoms with Crippen LogP contribution in [0.1, 0.15) is 28.5 Å². The van der Waals surface area contributed by atoms with E-state index < -0.39 is 5.97 Å². The Morgan fingerprint density at radius 3 is 2.76 bits per heavy atom. The highest BCUT2D eigenvalue weighted by Crippen LogP contribution is 2.37. The number of hydrogen-bond donors (Lipinski definition) is 0. The van der Waals surface area contributed by atoms with Gasteiger partial charge in [0.15, 0.2) is 11.5 Å². The van der Waals surface area contributed by atoms with Crippen molar-refractivity contribution in [2.75, 3.05) is 13.4 Å². The normalized spacial score (nSPS) is 12.7. The number of carbonyl (C=O) groups excluding carboxylic acids is 1. The van der Waals surface area contributed by atoms with Gasteiger partial charge < -0.3 is 14.2 Å². The Labute approximate surface area is 126 Å². The van der Waals surface area contributed by atoms with Gasteiger partial charge in [0.05, 0.1) is 29.3 Å². The number of halogens is 1. The first-order valence-electron chi connectivity index (χ1n) is 6.61. The summed E-state index contributed by atoms with van der Waals surface area (Å²) >= 11 is 5.94. The van der Waals surface area contributed by atoms with E-state index in [2.05, 4.69) is 4.98 Å². The highest BCUT2D eigenvalue weighted by Gasteiger charge is 2.22. The summed E-state index contributed by atoms with van der Waals surface area (Å²) in [7, 11) is 0. The molecule has 1 aromatic carbocycles. The molecule has 1 aromatic heterocycles. The molecule has 5 nitrogen and oxygen atoms in total. The van der Waals surface area contributed by atoms with Crippen LogP contribution in [0.15, 0.2) is 12.1 Å². The summed E-state index contributed by atoms with van der Waals surface area (Å²) < 4.78 is 15.8. The first kappa shape index (κ1) is 13.9. The summed E-state index contributed by atoms with van der Waals surface area (Å²) in [5.74, 6) is 1.04. The smallest absolute Gasteiger partial charge is 0.340 e. The van der Waals surface area contributed by atoms with E-state index in [-0.39, 0.29) is 12.7 Å². The van der Waals surface area contributed by atoms with E-state index >= 15 is 0 Å². The van der Waals surface area contributed by atoms with Crippen LogP contribution in [0.2, 0.25) is 0 Å². The largest absolute Gasteiger partial charge is 0.462 e. The third-order valence-electron chi connectivity index (χ3n) is 3.42. The van der Waals surface area contributed by atoms with Gasteiger partial charge in [0.25, 0.3) is 0 Å². The first-order chi connectivity index (χ1) is 10.2.